The first-order valence-electron chi connectivity index (χ1n) is 8.36. The summed E-state index contributed by atoms with van der Waals surface area (Å²) in [6, 6.07) is 0.0289. The van der Waals surface area contributed by atoms with E-state index in [0.29, 0.717) is 19.6 Å². The first kappa shape index (κ1) is 16.8. The molecule has 8 nitrogen and oxygen atoms in total. The summed E-state index contributed by atoms with van der Waals surface area (Å²) in [7, 11) is 5.59. The van der Waals surface area contributed by atoms with Gasteiger partial charge in [0.2, 0.25) is 5.91 Å². The van der Waals surface area contributed by atoms with Gasteiger partial charge in [0.1, 0.15) is 0 Å². The quantitative estimate of drug-likeness (QED) is 0.783. The van der Waals surface area contributed by atoms with Crippen LogP contribution in [0.3, 0.4) is 0 Å². The van der Waals surface area contributed by atoms with E-state index in [1.54, 1.807) is 11.8 Å². The summed E-state index contributed by atoms with van der Waals surface area (Å²) >= 11 is 0. The van der Waals surface area contributed by atoms with Crippen LogP contribution in [0.2, 0.25) is 0 Å². The van der Waals surface area contributed by atoms with Crippen LogP contribution in [0.4, 0.5) is 0 Å². The maximum atomic E-state index is 12.5. The minimum Gasteiger partial charge on any atom is -0.383 e. The molecule has 0 bridgehead atoms. The highest BCUT2D eigenvalue weighted by molar-refractivity contribution is 5.82. The molecule has 2 aliphatic rings. The highest BCUT2D eigenvalue weighted by atomic mass is 16.5. The van der Waals surface area contributed by atoms with Gasteiger partial charge in [-0.1, -0.05) is 0 Å². The largest absolute Gasteiger partial charge is 0.383 e. The van der Waals surface area contributed by atoms with Crippen molar-refractivity contribution in [2.45, 2.75) is 12.5 Å². The molecule has 0 saturated carbocycles. The SMILES string of the molecule is COCCN1C(=O)C[C@@H](CNC2=NCCN2C)[C@@H]1c1cnn(C)c1. The molecule has 0 aliphatic carbocycles. The Bertz CT molecular complexity index is 613. The van der Waals surface area contributed by atoms with Crippen molar-refractivity contribution < 1.29 is 9.53 Å². The van der Waals surface area contributed by atoms with Gasteiger partial charge in [0.25, 0.3) is 0 Å². The summed E-state index contributed by atoms with van der Waals surface area (Å²) in [6.07, 6.45) is 4.39. The molecule has 3 rings (SSSR count). The zero-order valence-electron chi connectivity index (χ0n) is 14.6. The second-order valence-electron chi connectivity index (χ2n) is 6.44. The molecule has 1 N–H and O–H groups in total. The van der Waals surface area contributed by atoms with Gasteiger partial charge in [0.15, 0.2) is 5.96 Å². The Balaban J connectivity index is 1.74. The van der Waals surface area contributed by atoms with Crippen LogP contribution in [0.15, 0.2) is 17.4 Å². The van der Waals surface area contributed by atoms with Crippen LogP contribution in [0.1, 0.15) is 18.0 Å². The van der Waals surface area contributed by atoms with Crippen molar-refractivity contribution in [3.05, 3.63) is 18.0 Å². The lowest BCUT2D eigenvalue weighted by atomic mass is 9.95. The molecule has 3 heterocycles. The summed E-state index contributed by atoms with van der Waals surface area (Å²) < 4.78 is 6.96. The Morgan fingerprint density at radius 1 is 1.42 bits per heavy atom. The molecule has 0 unspecified atom stereocenters. The van der Waals surface area contributed by atoms with Crippen LogP contribution in [-0.4, -0.2) is 78.4 Å². The number of aromatic nitrogens is 2. The number of rotatable bonds is 6. The molecule has 0 aromatic carbocycles. The zero-order valence-corrected chi connectivity index (χ0v) is 14.6. The Labute approximate surface area is 142 Å². The smallest absolute Gasteiger partial charge is 0.223 e. The average Bonchev–Trinajstić information content (AvgIpc) is 3.23. The molecule has 8 heteroatoms. The van der Waals surface area contributed by atoms with Crippen molar-refractivity contribution in [3.8, 4) is 0 Å². The molecule has 1 amide bonds. The monoisotopic (exact) mass is 334 g/mol. The number of nitrogens with zero attached hydrogens (tertiary/aromatic N) is 5. The third-order valence-electron chi connectivity index (χ3n) is 4.72. The molecule has 1 saturated heterocycles. The van der Waals surface area contributed by atoms with Crippen molar-refractivity contribution in [2.75, 3.05) is 46.9 Å². The number of ether oxygens (including phenoxy) is 1. The number of carbonyl (C=O) groups is 1. The van der Waals surface area contributed by atoms with Gasteiger partial charge in [-0.2, -0.15) is 5.10 Å². The normalized spacial score (nSPS) is 24.0. The number of likely N-dealkylation sites (tertiary alicyclic amines) is 1. The van der Waals surface area contributed by atoms with Gasteiger partial charge in [-0.25, -0.2) is 0 Å². The number of aryl methyl sites for hydroxylation is 1. The standard InChI is InChI=1S/C16H26N6O2/c1-20-5-4-17-16(20)18-9-12-8-14(23)22(6-7-24-3)15(12)13-10-19-21(2)11-13/h10-12,15H,4-9H2,1-3H3,(H,17,18)/t12-,15+/m0/s1. The van der Waals surface area contributed by atoms with Gasteiger partial charge in [-0.05, 0) is 0 Å². The van der Waals surface area contributed by atoms with Crippen LogP contribution >= 0.6 is 0 Å². The van der Waals surface area contributed by atoms with Gasteiger partial charge >= 0.3 is 0 Å². The van der Waals surface area contributed by atoms with E-state index in [9.17, 15) is 4.79 Å². The van der Waals surface area contributed by atoms with Crippen LogP contribution in [0.25, 0.3) is 0 Å². The number of carbonyl (C=O) groups excluding carboxylic acids is 1. The fourth-order valence-corrected chi connectivity index (χ4v) is 3.49. The molecule has 0 spiro atoms. The minimum atomic E-state index is 0.0289. The van der Waals surface area contributed by atoms with Crippen molar-refractivity contribution >= 4 is 11.9 Å². The lowest BCUT2D eigenvalue weighted by Gasteiger charge is -2.28. The predicted molar refractivity (Wildman–Crippen MR) is 90.6 cm³/mol. The fraction of sp³-hybridized carbons (Fsp3) is 0.688. The van der Waals surface area contributed by atoms with Crippen LogP contribution in [0, 0.1) is 5.92 Å². The molecule has 24 heavy (non-hydrogen) atoms. The van der Waals surface area contributed by atoms with Gasteiger partial charge in [-0.15, -0.1) is 0 Å². The van der Waals surface area contributed by atoms with Gasteiger partial charge in [0, 0.05) is 64.9 Å². The molecule has 132 valence electrons. The first-order valence-corrected chi connectivity index (χ1v) is 8.36. The lowest BCUT2D eigenvalue weighted by molar-refractivity contribution is -0.129. The van der Waals surface area contributed by atoms with Crippen LogP contribution in [-0.2, 0) is 16.6 Å². The maximum Gasteiger partial charge on any atom is 0.223 e. The summed E-state index contributed by atoms with van der Waals surface area (Å²) in [5, 5.41) is 7.70. The van der Waals surface area contributed by atoms with Gasteiger partial charge in [0.05, 0.1) is 25.4 Å². The van der Waals surface area contributed by atoms with E-state index in [2.05, 4.69) is 20.3 Å². The molecule has 2 aliphatic heterocycles. The third kappa shape index (κ3) is 3.38. The fourth-order valence-electron chi connectivity index (χ4n) is 3.49. The molecule has 1 aromatic rings. The summed E-state index contributed by atoms with van der Waals surface area (Å²) in [4.78, 5) is 21.0. The summed E-state index contributed by atoms with van der Waals surface area (Å²) in [5.74, 6) is 1.28. The minimum absolute atomic E-state index is 0.0289. The average molecular weight is 334 g/mol. The Kier molecular flexibility index (Phi) is 5.03. The number of guanidine groups is 1. The number of aliphatic imine (C=N–C) groups is 1. The topological polar surface area (TPSA) is 75.0 Å². The van der Waals surface area contributed by atoms with Crippen LogP contribution in [0.5, 0.6) is 0 Å². The van der Waals surface area contributed by atoms with E-state index in [0.717, 1.165) is 31.2 Å². The highest BCUT2D eigenvalue weighted by Gasteiger charge is 2.41. The van der Waals surface area contributed by atoms with E-state index in [1.807, 2.05) is 31.4 Å². The summed E-state index contributed by atoms with van der Waals surface area (Å²) in [6.45, 7) is 3.63. The predicted octanol–water partition coefficient (Wildman–Crippen LogP) is -0.153. The highest BCUT2D eigenvalue weighted by Crippen LogP contribution is 2.37. The lowest BCUT2D eigenvalue weighted by Crippen LogP contribution is -2.39. The molecule has 0 radical (unpaired) electrons. The first-order chi connectivity index (χ1) is 11.6. The molecular weight excluding hydrogens is 308 g/mol. The summed E-state index contributed by atoms with van der Waals surface area (Å²) in [5.41, 5.74) is 1.08. The van der Waals surface area contributed by atoms with Gasteiger partial charge < -0.3 is 19.9 Å². The van der Waals surface area contributed by atoms with E-state index in [4.69, 9.17) is 4.74 Å². The molecule has 2 atom stereocenters. The maximum absolute atomic E-state index is 12.5. The molecule has 1 aromatic heterocycles. The Hall–Kier alpha value is -2.09. The van der Waals surface area contributed by atoms with E-state index in [1.165, 1.54) is 0 Å². The van der Waals surface area contributed by atoms with Crippen molar-refractivity contribution in [2.24, 2.45) is 18.0 Å². The second-order valence-corrected chi connectivity index (χ2v) is 6.44. The van der Waals surface area contributed by atoms with Gasteiger partial charge in [-0.3, -0.25) is 14.5 Å². The number of methoxy groups -OCH3 is 1. The molecule has 1 fully saturated rings. The van der Waals surface area contributed by atoms with Crippen molar-refractivity contribution in [1.82, 2.24) is 24.9 Å². The number of nitrogens with one attached hydrogen (secondary N) is 1. The van der Waals surface area contributed by atoms with E-state index < -0.39 is 0 Å². The molecular formula is C16H26N6O2. The number of hydrogen-bond donors (Lipinski definition) is 1. The van der Waals surface area contributed by atoms with E-state index in [-0.39, 0.29) is 17.9 Å². The third-order valence-corrected chi connectivity index (χ3v) is 4.72. The van der Waals surface area contributed by atoms with E-state index >= 15 is 0 Å². The zero-order chi connectivity index (χ0) is 17.1. The van der Waals surface area contributed by atoms with Crippen molar-refractivity contribution in [1.29, 1.82) is 0 Å². The Morgan fingerprint density at radius 3 is 2.88 bits per heavy atom. The van der Waals surface area contributed by atoms with Crippen LogP contribution < -0.4 is 5.32 Å². The second kappa shape index (κ2) is 7.21. The Morgan fingerprint density at radius 2 is 2.25 bits per heavy atom. The number of hydrogen-bond acceptors (Lipinski definition) is 6. The van der Waals surface area contributed by atoms with Crippen molar-refractivity contribution in [3.63, 3.8) is 0 Å². The number of amides is 1. The number of likely N-dealkylation sites (N-methyl/N-ethyl adjacent to an activating group) is 1.